The van der Waals surface area contributed by atoms with Crippen molar-refractivity contribution in [1.82, 2.24) is 19.5 Å². The number of hydrogen-bond donors (Lipinski definition) is 2. The highest BCUT2D eigenvalue weighted by Crippen LogP contribution is 2.12. The minimum absolute atomic E-state index is 0.221. The Morgan fingerprint density at radius 2 is 2.29 bits per heavy atom. The van der Waals surface area contributed by atoms with Crippen LogP contribution >= 0.6 is 0 Å². The standard InChI is InChI=1S/C13H20N6O2/c1-4-21-13(20)16-12-15-11-9-10(5-7-19(11)17-12)14-6-8-18(2)3/h5,7,9,14H,4,6,8H2,1-3H3,(H,16,17,20). The molecule has 114 valence electrons. The van der Waals surface area contributed by atoms with Crippen LogP contribution < -0.4 is 10.6 Å². The van der Waals surface area contributed by atoms with Crippen molar-refractivity contribution < 1.29 is 9.53 Å². The van der Waals surface area contributed by atoms with E-state index in [-0.39, 0.29) is 5.95 Å². The van der Waals surface area contributed by atoms with Crippen LogP contribution in [-0.4, -0.2) is 59.4 Å². The van der Waals surface area contributed by atoms with Crippen LogP contribution in [0, 0.1) is 0 Å². The molecular formula is C13H20N6O2. The van der Waals surface area contributed by atoms with Crippen molar-refractivity contribution in [1.29, 1.82) is 0 Å². The fourth-order valence-electron chi connectivity index (χ4n) is 1.73. The molecule has 0 aromatic carbocycles. The van der Waals surface area contributed by atoms with Crippen molar-refractivity contribution in [2.45, 2.75) is 6.92 Å². The van der Waals surface area contributed by atoms with Gasteiger partial charge in [-0.3, -0.25) is 5.32 Å². The average Bonchev–Trinajstić information content (AvgIpc) is 2.79. The Balaban J connectivity index is 2.03. The fourth-order valence-corrected chi connectivity index (χ4v) is 1.73. The van der Waals surface area contributed by atoms with Gasteiger partial charge in [0.2, 0.25) is 0 Å². The van der Waals surface area contributed by atoms with Gasteiger partial charge < -0.3 is 15.0 Å². The number of hydrogen-bond acceptors (Lipinski definition) is 6. The molecule has 0 bridgehead atoms. The zero-order valence-electron chi connectivity index (χ0n) is 12.5. The van der Waals surface area contributed by atoms with Gasteiger partial charge in [-0.25, -0.2) is 9.31 Å². The number of likely N-dealkylation sites (N-methyl/N-ethyl adjacent to an activating group) is 1. The maximum atomic E-state index is 11.3. The van der Waals surface area contributed by atoms with Crippen LogP contribution in [0.1, 0.15) is 6.92 Å². The third-order valence-corrected chi connectivity index (χ3v) is 2.71. The third kappa shape index (κ3) is 4.32. The summed E-state index contributed by atoms with van der Waals surface area (Å²) in [6.07, 6.45) is 1.23. The van der Waals surface area contributed by atoms with Gasteiger partial charge in [0.15, 0.2) is 5.65 Å². The lowest BCUT2D eigenvalue weighted by Crippen LogP contribution is -2.20. The fraction of sp³-hybridized carbons (Fsp3) is 0.462. The molecular weight excluding hydrogens is 272 g/mol. The summed E-state index contributed by atoms with van der Waals surface area (Å²) in [5, 5.41) is 9.92. The highest BCUT2D eigenvalue weighted by molar-refractivity contribution is 5.82. The predicted octanol–water partition coefficient (Wildman–Crippen LogP) is 1.27. The molecule has 0 aliphatic carbocycles. The first kappa shape index (κ1) is 15.0. The highest BCUT2D eigenvalue weighted by atomic mass is 16.5. The Morgan fingerprint density at radius 1 is 1.48 bits per heavy atom. The molecule has 0 saturated carbocycles. The van der Waals surface area contributed by atoms with Crippen LogP contribution in [0.15, 0.2) is 18.3 Å². The molecule has 8 heteroatoms. The van der Waals surface area contributed by atoms with E-state index in [1.54, 1.807) is 17.6 Å². The number of aromatic nitrogens is 3. The largest absolute Gasteiger partial charge is 0.450 e. The van der Waals surface area contributed by atoms with E-state index in [1.807, 2.05) is 26.2 Å². The first-order valence-corrected chi connectivity index (χ1v) is 6.77. The molecule has 2 N–H and O–H groups in total. The summed E-state index contributed by atoms with van der Waals surface area (Å²) in [7, 11) is 4.05. The summed E-state index contributed by atoms with van der Waals surface area (Å²) in [5.74, 6) is 0.221. The molecule has 0 saturated heterocycles. The highest BCUT2D eigenvalue weighted by Gasteiger charge is 2.08. The van der Waals surface area contributed by atoms with E-state index in [1.165, 1.54) is 0 Å². The number of nitrogens with one attached hydrogen (secondary N) is 2. The Hall–Kier alpha value is -2.35. The SMILES string of the molecule is CCOC(=O)Nc1nc2cc(NCCN(C)C)ccn2n1. The lowest BCUT2D eigenvalue weighted by Gasteiger charge is -2.11. The van der Waals surface area contributed by atoms with Gasteiger partial charge >= 0.3 is 6.09 Å². The molecule has 2 rings (SSSR count). The molecule has 2 heterocycles. The van der Waals surface area contributed by atoms with Crippen LogP contribution in [-0.2, 0) is 4.74 Å². The Bertz CT molecular complexity index is 610. The molecule has 0 fully saturated rings. The van der Waals surface area contributed by atoms with Gasteiger partial charge in [-0.2, -0.15) is 4.98 Å². The lowest BCUT2D eigenvalue weighted by atomic mass is 10.4. The van der Waals surface area contributed by atoms with E-state index in [0.717, 1.165) is 18.8 Å². The van der Waals surface area contributed by atoms with Crippen molar-refractivity contribution in [2.75, 3.05) is 44.4 Å². The molecule has 8 nitrogen and oxygen atoms in total. The molecule has 1 amide bonds. The number of carbonyl (C=O) groups excluding carboxylic acids is 1. The average molecular weight is 292 g/mol. The molecule has 0 spiro atoms. The maximum absolute atomic E-state index is 11.3. The number of nitrogens with zero attached hydrogens (tertiary/aromatic N) is 4. The van der Waals surface area contributed by atoms with E-state index in [9.17, 15) is 4.79 Å². The van der Waals surface area contributed by atoms with Gasteiger partial charge in [0.05, 0.1) is 6.61 Å². The number of ether oxygens (including phenoxy) is 1. The Labute approximate surface area is 123 Å². The first-order valence-electron chi connectivity index (χ1n) is 6.77. The van der Waals surface area contributed by atoms with Crippen molar-refractivity contribution in [3.63, 3.8) is 0 Å². The van der Waals surface area contributed by atoms with E-state index in [0.29, 0.717) is 12.3 Å². The zero-order chi connectivity index (χ0) is 15.2. The Kier molecular flexibility index (Phi) is 4.94. The smallest absolute Gasteiger partial charge is 0.414 e. The van der Waals surface area contributed by atoms with Crippen LogP contribution in [0.25, 0.3) is 5.65 Å². The number of fused-ring (bicyclic) bond motifs is 1. The molecule has 0 atom stereocenters. The van der Waals surface area contributed by atoms with Gasteiger partial charge in [0, 0.05) is 31.0 Å². The minimum atomic E-state index is -0.558. The van der Waals surface area contributed by atoms with Gasteiger partial charge in [0.25, 0.3) is 5.95 Å². The van der Waals surface area contributed by atoms with Gasteiger partial charge in [-0.1, -0.05) is 0 Å². The lowest BCUT2D eigenvalue weighted by molar-refractivity contribution is 0.167. The predicted molar refractivity (Wildman–Crippen MR) is 80.7 cm³/mol. The van der Waals surface area contributed by atoms with Crippen molar-refractivity contribution >= 4 is 23.4 Å². The van der Waals surface area contributed by atoms with Crippen LogP contribution in [0.3, 0.4) is 0 Å². The third-order valence-electron chi connectivity index (χ3n) is 2.71. The normalized spacial score (nSPS) is 10.9. The topological polar surface area (TPSA) is 83.8 Å². The van der Waals surface area contributed by atoms with E-state index in [2.05, 4.69) is 25.6 Å². The van der Waals surface area contributed by atoms with E-state index < -0.39 is 6.09 Å². The number of rotatable bonds is 6. The number of anilines is 2. The minimum Gasteiger partial charge on any atom is -0.450 e. The van der Waals surface area contributed by atoms with Crippen LogP contribution in [0.2, 0.25) is 0 Å². The summed E-state index contributed by atoms with van der Waals surface area (Å²) in [6, 6.07) is 3.78. The van der Waals surface area contributed by atoms with Crippen LogP contribution in [0.5, 0.6) is 0 Å². The molecule has 0 unspecified atom stereocenters. The number of carbonyl (C=O) groups is 1. The van der Waals surface area contributed by atoms with Gasteiger partial charge in [-0.15, -0.1) is 5.10 Å². The van der Waals surface area contributed by atoms with Crippen molar-refractivity contribution in [3.05, 3.63) is 18.3 Å². The van der Waals surface area contributed by atoms with Crippen molar-refractivity contribution in [2.24, 2.45) is 0 Å². The summed E-state index contributed by atoms with van der Waals surface area (Å²) < 4.78 is 6.38. The molecule has 2 aromatic rings. The number of amides is 1. The molecule has 21 heavy (non-hydrogen) atoms. The maximum Gasteiger partial charge on any atom is 0.414 e. The Morgan fingerprint density at radius 3 is 3.00 bits per heavy atom. The molecule has 0 radical (unpaired) electrons. The van der Waals surface area contributed by atoms with Crippen molar-refractivity contribution in [3.8, 4) is 0 Å². The van der Waals surface area contributed by atoms with E-state index >= 15 is 0 Å². The number of pyridine rings is 1. The summed E-state index contributed by atoms with van der Waals surface area (Å²) in [6.45, 7) is 3.82. The summed E-state index contributed by atoms with van der Waals surface area (Å²) >= 11 is 0. The molecule has 0 aliphatic rings. The van der Waals surface area contributed by atoms with Gasteiger partial charge in [-0.05, 0) is 27.1 Å². The second-order valence-corrected chi connectivity index (χ2v) is 4.73. The van der Waals surface area contributed by atoms with Crippen LogP contribution in [0.4, 0.5) is 16.4 Å². The second-order valence-electron chi connectivity index (χ2n) is 4.73. The summed E-state index contributed by atoms with van der Waals surface area (Å²) in [5.41, 5.74) is 1.61. The molecule has 0 aliphatic heterocycles. The van der Waals surface area contributed by atoms with Gasteiger partial charge in [0.1, 0.15) is 0 Å². The molecule has 2 aromatic heterocycles. The van der Waals surface area contributed by atoms with E-state index in [4.69, 9.17) is 4.74 Å². The first-order chi connectivity index (χ1) is 10.1. The quantitative estimate of drug-likeness (QED) is 0.834. The summed E-state index contributed by atoms with van der Waals surface area (Å²) in [4.78, 5) is 17.7. The second kappa shape index (κ2) is 6.89. The monoisotopic (exact) mass is 292 g/mol. The zero-order valence-corrected chi connectivity index (χ0v) is 12.5.